The fourth-order valence-electron chi connectivity index (χ4n) is 0.523. The van der Waals surface area contributed by atoms with Crippen molar-refractivity contribution in [3.05, 3.63) is 0 Å². The number of carboxylic acids is 1. The molecule has 6 nitrogen and oxygen atoms in total. The van der Waals surface area contributed by atoms with E-state index in [1.165, 1.54) is 0 Å². The lowest BCUT2D eigenvalue weighted by Crippen LogP contribution is -2.22. The standard InChI is InChI=1S/C7H12O6/c8-3-5(9)4-13-7(12)2-1-6(10)11/h5,8-9H,1-4H2,(H,10,11). The highest BCUT2D eigenvalue weighted by Crippen LogP contribution is 1.94. The number of hydrogen-bond donors (Lipinski definition) is 3. The molecule has 0 amide bonds. The molecule has 0 aliphatic rings. The quantitative estimate of drug-likeness (QED) is 0.454. The molecule has 0 bridgehead atoms. The van der Waals surface area contributed by atoms with Gasteiger partial charge in [0.25, 0.3) is 0 Å². The third-order valence-corrected chi connectivity index (χ3v) is 1.19. The summed E-state index contributed by atoms with van der Waals surface area (Å²) in [6.45, 7) is -0.804. The van der Waals surface area contributed by atoms with E-state index in [-0.39, 0.29) is 19.4 Å². The highest BCUT2D eigenvalue weighted by molar-refractivity contribution is 5.76. The van der Waals surface area contributed by atoms with Crippen LogP contribution in [0.25, 0.3) is 0 Å². The molecule has 0 fully saturated rings. The number of ether oxygens (including phenoxy) is 1. The van der Waals surface area contributed by atoms with Crippen molar-refractivity contribution >= 4 is 11.9 Å². The van der Waals surface area contributed by atoms with Crippen molar-refractivity contribution in [3.8, 4) is 0 Å². The lowest BCUT2D eigenvalue weighted by molar-refractivity contribution is -0.150. The van der Waals surface area contributed by atoms with Crippen LogP contribution in [0.5, 0.6) is 0 Å². The first-order valence-corrected chi connectivity index (χ1v) is 3.72. The second-order valence-corrected chi connectivity index (χ2v) is 2.41. The highest BCUT2D eigenvalue weighted by Gasteiger charge is 2.09. The topological polar surface area (TPSA) is 104 Å². The Morgan fingerprint density at radius 3 is 2.38 bits per heavy atom. The Morgan fingerprint density at radius 2 is 1.92 bits per heavy atom. The van der Waals surface area contributed by atoms with Crippen LogP contribution in [-0.2, 0) is 14.3 Å². The Kier molecular flexibility index (Phi) is 5.82. The van der Waals surface area contributed by atoms with Crippen LogP contribution >= 0.6 is 0 Å². The Morgan fingerprint density at radius 1 is 1.31 bits per heavy atom. The first-order chi connectivity index (χ1) is 6.06. The molecule has 0 aliphatic heterocycles. The zero-order chi connectivity index (χ0) is 10.3. The van der Waals surface area contributed by atoms with E-state index >= 15 is 0 Å². The molecule has 0 aromatic rings. The van der Waals surface area contributed by atoms with Crippen LogP contribution in [0.15, 0.2) is 0 Å². The monoisotopic (exact) mass is 192 g/mol. The molecule has 76 valence electrons. The molecule has 0 heterocycles. The molecule has 0 saturated heterocycles. The van der Waals surface area contributed by atoms with E-state index in [1.54, 1.807) is 0 Å². The van der Waals surface area contributed by atoms with Crippen molar-refractivity contribution in [1.29, 1.82) is 0 Å². The minimum Gasteiger partial charge on any atom is -0.481 e. The summed E-state index contributed by atoms with van der Waals surface area (Å²) in [6, 6.07) is 0. The predicted molar refractivity (Wildman–Crippen MR) is 40.9 cm³/mol. The number of aliphatic carboxylic acids is 1. The van der Waals surface area contributed by atoms with E-state index in [2.05, 4.69) is 4.74 Å². The molecular formula is C7H12O6. The first-order valence-electron chi connectivity index (χ1n) is 3.72. The Hall–Kier alpha value is -1.14. The molecule has 1 unspecified atom stereocenters. The van der Waals surface area contributed by atoms with Crippen molar-refractivity contribution in [3.63, 3.8) is 0 Å². The van der Waals surface area contributed by atoms with Crippen molar-refractivity contribution in [2.75, 3.05) is 13.2 Å². The van der Waals surface area contributed by atoms with Crippen LogP contribution in [0.3, 0.4) is 0 Å². The number of carbonyl (C=O) groups excluding carboxylic acids is 1. The van der Waals surface area contributed by atoms with Gasteiger partial charge in [-0.05, 0) is 0 Å². The Bertz CT molecular complexity index is 178. The number of rotatable bonds is 6. The SMILES string of the molecule is O=C(O)CCC(=O)OCC(O)CO. The van der Waals surface area contributed by atoms with Crippen LogP contribution < -0.4 is 0 Å². The summed E-state index contributed by atoms with van der Waals surface area (Å²) in [5, 5.41) is 25.3. The number of aliphatic hydroxyl groups is 2. The first kappa shape index (κ1) is 11.9. The fourth-order valence-corrected chi connectivity index (χ4v) is 0.523. The number of esters is 1. The van der Waals surface area contributed by atoms with Crippen molar-refractivity contribution in [2.24, 2.45) is 0 Å². The second kappa shape index (κ2) is 6.38. The largest absolute Gasteiger partial charge is 0.481 e. The van der Waals surface area contributed by atoms with E-state index in [0.717, 1.165) is 0 Å². The summed E-state index contributed by atoms with van der Waals surface area (Å²) in [7, 11) is 0. The van der Waals surface area contributed by atoms with Gasteiger partial charge in [0.15, 0.2) is 0 Å². The normalized spacial score (nSPS) is 12.2. The van der Waals surface area contributed by atoms with Gasteiger partial charge in [0.05, 0.1) is 19.4 Å². The van der Waals surface area contributed by atoms with Gasteiger partial charge in [-0.1, -0.05) is 0 Å². The summed E-state index contributed by atoms with van der Waals surface area (Å²) in [5.41, 5.74) is 0. The molecule has 6 heteroatoms. The molecule has 0 saturated carbocycles. The summed E-state index contributed by atoms with van der Waals surface area (Å²) in [6.07, 6.45) is -1.63. The molecule has 0 aliphatic carbocycles. The van der Waals surface area contributed by atoms with Gasteiger partial charge in [-0.15, -0.1) is 0 Å². The van der Waals surface area contributed by atoms with Gasteiger partial charge in [0, 0.05) is 0 Å². The number of carbonyl (C=O) groups is 2. The number of aliphatic hydroxyl groups excluding tert-OH is 2. The molecule has 0 aromatic carbocycles. The molecule has 13 heavy (non-hydrogen) atoms. The molecule has 0 radical (unpaired) electrons. The summed E-state index contributed by atoms with van der Waals surface area (Å²) in [4.78, 5) is 20.7. The summed E-state index contributed by atoms with van der Waals surface area (Å²) in [5.74, 6) is -1.78. The van der Waals surface area contributed by atoms with Crippen molar-refractivity contribution in [2.45, 2.75) is 18.9 Å². The molecular weight excluding hydrogens is 180 g/mol. The average molecular weight is 192 g/mol. The zero-order valence-corrected chi connectivity index (χ0v) is 6.97. The van der Waals surface area contributed by atoms with E-state index in [0.29, 0.717) is 0 Å². The van der Waals surface area contributed by atoms with E-state index in [4.69, 9.17) is 15.3 Å². The molecule has 0 spiro atoms. The maximum atomic E-state index is 10.7. The zero-order valence-electron chi connectivity index (χ0n) is 6.97. The highest BCUT2D eigenvalue weighted by atomic mass is 16.5. The second-order valence-electron chi connectivity index (χ2n) is 2.41. The van der Waals surface area contributed by atoms with Gasteiger partial charge in [-0.2, -0.15) is 0 Å². The Balaban J connectivity index is 3.46. The minimum absolute atomic E-state index is 0.229. The lowest BCUT2D eigenvalue weighted by atomic mass is 10.3. The van der Waals surface area contributed by atoms with Gasteiger partial charge < -0.3 is 20.1 Å². The van der Waals surface area contributed by atoms with E-state index < -0.39 is 24.6 Å². The maximum absolute atomic E-state index is 10.7. The Labute approximate surface area is 74.7 Å². The number of carboxylic acid groups (broad SMARTS) is 1. The van der Waals surface area contributed by atoms with Crippen LogP contribution in [-0.4, -0.2) is 46.6 Å². The smallest absolute Gasteiger partial charge is 0.306 e. The van der Waals surface area contributed by atoms with Gasteiger partial charge >= 0.3 is 11.9 Å². The van der Waals surface area contributed by atoms with Crippen LogP contribution in [0.4, 0.5) is 0 Å². The van der Waals surface area contributed by atoms with Gasteiger partial charge in [-0.25, -0.2) is 0 Å². The molecule has 0 rings (SSSR count). The lowest BCUT2D eigenvalue weighted by Gasteiger charge is -2.07. The maximum Gasteiger partial charge on any atom is 0.306 e. The van der Waals surface area contributed by atoms with Crippen LogP contribution in [0.2, 0.25) is 0 Å². The van der Waals surface area contributed by atoms with Gasteiger partial charge in [0.1, 0.15) is 12.7 Å². The van der Waals surface area contributed by atoms with Crippen molar-refractivity contribution in [1.82, 2.24) is 0 Å². The molecule has 3 N–H and O–H groups in total. The summed E-state index contributed by atoms with van der Waals surface area (Å²) >= 11 is 0. The van der Waals surface area contributed by atoms with E-state index in [1.807, 2.05) is 0 Å². The third-order valence-electron chi connectivity index (χ3n) is 1.19. The summed E-state index contributed by atoms with van der Waals surface area (Å²) < 4.78 is 4.43. The average Bonchev–Trinajstić information content (AvgIpc) is 2.10. The van der Waals surface area contributed by atoms with E-state index in [9.17, 15) is 9.59 Å². The van der Waals surface area contributed by atoms with Crippen LogP contribution in [0.1, 0.15) is 12.8 Å². The van der Waals surface area contributed by atoms with Gasteiger partial charge in [-0.3, -0.25) is 9.59 Å². The predicted octanol–water partition coefficient (Wildman–Crippen LogP) is -1.25. The van der Waals surface area contributed by atoms with Crippen molar-refractivity contribution < 1.29 is 29.6 Å². The third kappa shape index (κ3) is 7.23. The minimum atomic E-state index is -1.10. The van der Waals surface area contributed by atoms with Crippen LogP contribution in [0, 0.1) is 0 Å². The number of hydrogen-bond acceptors (Lipinski definition) is 5. The molecule has 0 aromatic heterocycles. The molecule has 1 atom stereocenters. The fraction of sp³-hybridized carbons (Fsp3) is 0.714. The van der Waals surface area contributed by atoms with Gasteiger partial charge in [0.2, 0.25) is 0 Å².